The molecule has 0 radical (unpaired) electrons. The van der Waals surface area contributed by atoms with Gasteiger partial charge in [0.1, 0.15) is 17.2 Å². The van der Waals surface area contributed by atoms with Crippen LogP contribution >= 0.6 is 0 Å². The van der Waals surface area contributed by atoms with Crippen molar-refractivity contribution in [2.75, 3.05) is 0 Å². The van der Waals surface area contributed by atoms with Crippen molar-refractivity contribution in [2.24, 2.45) is 0 Å². The summed E-state index contributed by atoms with van der Waals surface area (Å²) in [6.45, 7) is 1.70. The third-order valence-corrected chi connectivity index (χ3v) is 4.57. The highest BCUT2D eigenvalue weighted by Crippen LogP contribution is 2.37. The largest absolute Gasteiger partial charge is 0.508 e. The first-order valence-corrected chi connectivity index (χ1v) is 8.44. The second kappa shape index (κ2) is 7.11. The van der Waals surface area contributed by atoms with Crippen LogP contribution in [0.3, 0.4) is 0 Å². The van der Waals surface area contributed by atoms with Crippen molar-refractivity contribution < 1.29 is 35.7 Å². The predicted octanol–water partition coefficient (Wildman–Crippen LogP) is 3.12. The number of phenolic OH excluding ortho intramolecular Hbond substituents is 7. The number of aryl methyl sites for hydroxylation is 1. The smallest absolute Gasteiger partial charge is 0.161 e. The number of benzene rings is 3. The van der Waals surface area contributed by atoms with Crippen molar-refractivity contribution in [2.45, 2.75) is 19.8 Å². The summed E-state index contributed by atoms with van der Waals surface area (Å²) >= 11 is 0. The van der Waals surface area contributed by atoms with Crippen LogP contribution in [0.1, 0.15) is 27.8 Å². The molecule has 0 atom stereocenters. The Bertz CT molecular complexity index is 1060. The lowest BCUT2D eigenvalue weighted by Crippen LogP contribution is -1.97. The molecule has 7 nitrogen and oxygen atoms in total. The third kappa shape index (κ3) is 3.68. The summed E-state index contributed by atoms with van der Waals surface area (Å²) in [5.74, 6) is -1.99. The fourth-order valence-corrected chi connectivity index (χ4v) is 3.10. The van der Waals surface area contributed by atoms with Crippen molar-refractivity contribution >= 4 is 0 Å². The van der Waals surface area contributed by atoms with E-state index >= 15 is 0 Å². The maximum absolute atomic E-state index is 10.4. The van der Waals surface area contributed by atoms with Crippen molar-refractivity contribution in [3.05, 3.63) is 64.2 Å². The molecule has 0 fully saturated rings. The zero-order chi connectivity index (χ0) is 20.6. The van der Waals surface area contributed by atoms with Gasteiger partial charge in [-0.25, -0.2) is 0 Å². The molecule has 3 aromatic carbocycles. The Balaban J connectivity index is 1.98. The Labute approximate surface area is 160 Å². The van der Waals surface area contributed by atoms with Gasteiger partial charge < -0.3 is 35.7 Å². The van der Waals surface area contributed by atoms with E-state index in [0.717, 1.165) is 12.1 Å². The summed E-state index contributed by atoms with van der Waals surface area (Å²) in [7, 11) is 0. The van der Waals surface area contributed by atoms with E-state index in [2.05, 4.69) is 0 Å². The summed E-state index contributed by atoms with van der Waals surface area (Å²) in [6, 6.07) is 7.95. The van der Waals surface area contributed by atoms with Crippen LogP contribution < -0.4 is 0 Å². The lowest BCUT2D eigenvalue weighted by molar-refractivity contribution is 0.394. The molecule has 0 saturated heterocycles. The van der Waals surface area contributed by atoms with E-state index < -0.39 is 11.5 Å². The van der Waals surface area contributed by atoms with Crippen LogP contribution in [-0.2, 0) is 12.8 Å². The minimum atomic E-state index is -0.446. The van der Waals surface area contributed by atoms with E-state index in [1.807, 2.05) is 0 Å². The molecular formula is C21H20O7. The summed E-state index contributed by atoms with van der Waals surface area (Å²) < 4.78 is 0. The van der Waals surface area contributed by atoms with Gasteiger partial charge in [-0.1, -0.05) is 12.1 Å². The van der Waals surface area contributed by atoms with Gasteiger partial charge in [0, 0.05) is 36.1 Å². The molecule has 0 unspecified atom stereocenters. The van der Waals surface area contributed by atoms with E-state index in [-0.39, 0.29) is 41.6 Å². The summed E-state index contributed by atoms with van der Waals surface area (Å²) in [5.41, 5.74) is 2.45. The van der Waals surface area contributed by atoms with Crippen LogP contribution in [0.4, 0.5) is 0 Å². The average Bonchev–Trinajstić information content (AvgIpc) is 2.61. The first-order chi connectivity index (χ1) is 13.2. The zero-order valence-electron chi connectivity index (χ0n) is 15.0. The SMILES string of the molecule is Cc1cc(Cc2cc(O)c(O)cc2O)cc(Cc2cc(O)c(O)cc2O)c1O. The van der Waals surface area contributed by atoms with Crippen LogP contribution in [0.2, 0.25) is 0 Å². The molecule has 3 rings (SSSR count). The lowest BCUT2D eigenvalue weighted by Gasteiger charge is -2.13. The normalized spacial score (nSPS) is 10.9. The lowest BCUT2D eigenvalue weighted by atomic mass is 9.95. The molecule has 28 heavy (non-hydrogen) atoms. The van der Waals surface area contributed by atoms with Gasteiger partial charge in [-0.3, -0.25) is 0 Å². The fraction of sp³-hybridized carbons (Fsp3) is 0.143. The first kappa shape index (κ1) is 19.0. The number of hydrogen-bond donors (Lipinski definition) is 7. The molecule has 0 amide bonds. The molecule has 0 aliphatic rings. The van der Waals surface area contributed by atoms with Gasteiger partial charge in [0.05, 0.1) is 0 Å². The molecule has 7 heteroatoms. The Hall–Kier alpha value is -3.74. The summed E-state index contributed by atoms with van der Waals surface area (Å²) in [5, 5.41) is 68.6. The standard InChI is InChI=1S/C21H20O7/c1-10-2-11(3-12-6-17(24)19(26)8-15(12)22)4-14(21(10)28)5-13-7-18(25)20(27)9-16(13)23/h2,4,6-9,22-28H,3,5H2,1H3. The Morgan fingerprint density at radius 1 is 0.500 bits per heavy atom. The molecule has 0 aromatic heterocycles. The molecule has 0 saturated carbocycles. The summed E-state index contributed by atoms with van der Waals surface area (Å²) in [6.07, 6.45) is 0.313. The highest BCUT2D eigenvalue weighted by molar-refractivity contribution is 5.54. The van der Waals surface area contributed by atoms with E-state index in [1.54, 1.807) is 19.1 Å². The highest BCUT2D eigenvalue weighted by Gasteiger charge is 2.15. The minimum absolute atomic E-state index is 0.0218. The van der Waals surface area contributed by atoms with Crippen molar-refractivity contribution in [3.63, 3.8) is 0 Å². The third-order valence-electron chi connectivity index (χ3n) is 4.57. The minimum Gasteiger partial charge on any atom is -0.508 e. The van der Waals surface area contributed by atoms with Gasteiger partial charge in [0.15, 0.2) is 23.0 Å². The maximum Gasteiger partial charge on any atom is 0.161 e. The molecule has 0 aliphatic heterocycles. The van der Waals surface area contributed by atoms with E-state index in [1.165, 1.54) is 12.1 Å². The monoisotopic (exact) mass is 384 g/mol. The van der Waals surface area contributed by atoms with Gasteiger partial charge in [0.25, 0.3) is 0 Å². The molecule has 0 bridgehead atoms. The van der Waals surface area contributed by atoms with Crippen LogP contribution in [0, 0.1) is 6.92 Å². The molecule has 0 aliphatic carbocycles. The first-order valence-electron chi connectivity index (χ1n) is 8.44. The number of hydrogen-bond acceptors (Lipinski definition) is 7. The molecule has 146 valence electrons. The Morgan fingerprint density at radius 2 is 0.964 bits per heavy atom. The van der Waals surface area contributed by atoms with Gasteiger partial charge in [-0.15, -0.1) is 0 Å². The van der Waals surface area contributed by atoms with E-state index in [4.69, 9.17) is 0 Å². The second-order valence-electron chi connectivity index (χ2n) is 6.71. The van der Waals surface area contributed by atoms with Crippen LogP contribution in [-0.4, -0.2) is 35.7 Å². The van der Waals surface area contributed by atoms with Crippen molar-refractivity contribution in [1.82, 2.24) is 0 Å². The fourth-order valence-electron chi connectivity index (χ4n) is 3.10. The molecule has 0 spiro atoms. The van der Waals surface area contributed by atoms with Crippen LogP contribution in [0.15, 0.2) is 36.4 Å². The predicted molar refractivity (Wildman–Crippen MR) is 101 cm³/mol. The van der Waals surface area contributed by atoms with Gasteiger partial charge >= 0.3 is 0 Å². The number of aromatic hydroxyl groups is 7. The highest BCUT2D eigenvalue weighted by atomic mass is 16.3. The van der Waals surface area contributed by atoms with Gasteiger partial charge in [-0.05, 0) is 35.7 Å². The Kier molecular flexibility index (Phi) is 4.83. The molecule has 7 N–H and O–H groups in total. The molecule has 3 aromatic rings. The topological polar surface area (TPSA) is 142 Å². The van der Waals surface area contributed by atoms with E-state index in [9.17, 15) is 35.7 Å². The van der Waals surface area contributed by atoms with Crippen molar-refractivity contribution in [1.29, 1.82) is 0 Å². The summed E-state index contributed by atoms with van der Waals surface area (Å²) in [4.78, 5) is 0. The molecule has 0 heterocycles. The van der Waals surface area contributed by atoms with Gasteiger partial charge in [0.2, 0.25) is 0 Å². The van der Waals surface area contributed by atoms with E-state index in [0.29, 0.717) is 27.8 Å². The maximum atomic E-state index is 10.4. The second-order valence-corrected chi connectivity index (χ2v) is 6.71. The Morgan fingerprint density at radius 3 is 1.50 bits per heavy atom. The van der Waals surface area contributed by atoms with Gasteiger partial charge in [-0.2, -0.15) is 0 Å². The zero-order valence-corrected chi connectivity index (χ0v) is 15.0. The van der Waals surface area contributed by atoms with Crippen LogP contribution in [0.25, 0.3) is 0 Å². The molecular weight excluding hydrogens is 364 g/mol. The average molecular weight is 384 g/mol. The number of rotatable bonds is 4. The van der Waals surface area contributed by atoms with Crippen molar-refractivity contribution in [3.8, 4) is 40.2 Å². The number of phenols is 7. The quantitative estimate of drug-likeness (QED) is 0.271. The van der Waals surface area contributed by atoms with Crippen LogP contribution in [0.5, 0.6) is 40.2 Å².